The molecule has 17 heavy (non-hydrogen) atoms. The summed E-state index contributed by atoms with van der Waals surface area (Å²) in [5, 5.41) is 9.77. The summed E-state index contributed by atoms with van der Waals surface area (Å²) in [7, 11) is 3.62. The van der Waals surface area contributed by atoms with E-state index in [0.29, 0.717) is 11.4 Å². The summed E-state index contributed by atoms with van der Waals surface area (Å²) in [6.45, 7) is 0. The van der Waals surface area contributed by atoms with Gasteiger partial charge in [-0.3, -0.25) is 9.48 Å². The van der Waals surface area contributed by atoms with Crippen molar-refractivity contribution in [3.63, 3.8) is 0 Å². The third-order valence-corrected chi connectivity index (χ3v) is 2.50. The predicted octanol–water partition coefficient (Wildman–Crippen LogP) is 1.71. The molecule has 0 aliphatic rings. The molecule has 0 atom stereocenters. The first-order valence-electron chi connectivity index (χ1n) is 5.28. The first-order chi connectivity index (χ1) is 8.20. The summed E-state index contributed by atoms with van der Waals surface area (Å²) in [6, 6.07) is 9.02. The lowest BCUT2D eigenvalue weighted by molar-refractivity contribution is 0.102. The van der Waals surface area contributed by atoms with Crippen LogP contribution in [0.2, 0.25) is 0 Å². The third kappa shape index (κ3) is 2.44. The van der Waals surface area contributed by atoms with Crippen molar-refractivity contribution in [1.29, 1.82) is 0 Å². The number of aromatic nitrogens is 2. The summed E-state index contributed by atoms with van der Waals surface area (Å²) in [6.07, 6.45) is 1.64. The number of carbonyl (C=O) groups excluding carboxylic acids is 1. The Morgan fingerprint density at radius 2 is 1.94 bits per heavy atom. The number of hydrogen-bond acceptors (Lipinski definition) is 3. The minimum Gasteiger partial charge on any atom is -0.388 e. The molecule has 0 aliphatic carbocycles. The second-order valence-electron chi connectivity index (χ2n) is 3.62. The van der Waals surface area contributed by atoms with Gasteiger partial charge in [-0.05, 0) is 24.3 Å². The second-order valence-corrected chi connectivity index (χ2v) is 3.62. The van der Waals surface area contributed by atoms with Gasteiger partial charge in [0.1, 0.15) is 5.82 Å². The van der Waals surface area contributed by atoms with Gasteiger partial charge in [0.15, 0.2) is 0 Å². The Balaban J connectivity index is 2.12. The van der Waals surface area contributed by atoms with Crippen LogP contribution in [-0.2, 0) is 7.05 Å². The summed E-state index contributed by atoms with van der Waals surface area (Å²) in [5.41, 5.74) is 1.59. The standard InChI is InChI=1S/C12H14N4O/c1-13-10-5-3-9(4-6-10)12(17)15-11-7-8-14-16(11)2/h3-8,13H,1-2H3,(H,15,17). The van der Waals surface area contributed by atoms with Crippen LogP contribution < -0.4 is 10.6 Å². The zero-order chi connectivity index (χ0) is 12.3. The summed E-state index contributed by atoms with van der Waals surface area (Å²) >= 11 is 0. The molecule has 5 nitrogen and oxygen atoms in total. The number of benzene rings is 1. The van der Waals surface area contributed by atoms with Gasteiger partial charge in [-0.1, -0.05) is 0 Å². The molecule has 5 heteroatoms. The van der Waals surface area contributed by atoms with Crippen LogP contribution in [0, 0.1) is 0 Å². The lowest BCUT2D eigenvalue weighted by Crippen LogP contribution is -2.14. The van der Waals surface area contributed by atoms with Crippen LogP contribution in [0.3, 0.4) is 0 Å². The molecular weight excluding hydrogens is 216 g/mol. The van der Waals surface area contributed by atoms with Crippen molar-refractivity contribution in [3.8, 4) is 0 Å². The number of aryl methyl sites for hydroxylation is 1. The molecule has 0 fully saturated rings. The molecule has 0 aliphatic heterocycles. The van der Waals surface area contributed by atoms with E-state index in [-0.39, 0.29) is 5.91 Å². The Kier molecular flexibility index (Phi) is 3.09. The van der Waals surface area contributed by atoms with Crippen molar-refractivity contribution < 1.29 is 4.79 Å². The summed E-state index contributed by atoms with van der Waals surface area (Å²) in [5.74, 6) is 0.531. The molecule has 2 N–H and O–H groups in total. The van der Waals surface area contributed by atoms with E-state index in [4.69, 9.17) is 0 Å². The quantitative estimate of drug-likeness (QED) is 0.844. The third-order valence-electron chi connectivity index (χ3n) is 2.50. The fourth-order valence-electron chi connectivity index (χ4n) is 1.47. The lowest BCUT2D eigenvalue weighted by atomic mass is 10.2. The largest absolute Gasteiger partial charge is 0.388 e. The Morgan fingerprint density at radius 1 is 1.24 bits per heavy atom. The van der Waals surface area contributed by atoms with Crippen LogP contribution >= 0.6 is 0 Å². The van der Waals surface area contributed by atoms with E-state index in [1.807, 2.05) is 19.2 Å². The summed E-state index contributed by atoms with van der Waals surface area (Å²) in [4.78, 5) is 11.9. The maximum absolute atomic E-state index is 11.9. The van der Waals surface area contributed by atoms with Gasteiger partial charge in [0.2, 0.25) is 0 Å². The second kappa shape index (κ2) is 4.69. The van der Waals surface area contributed by atoms with Crippen LogP contribution in [0.1, 0.15) is 10.4 Å². The number of hydrogen-bond donors (Lipinski definition) is 2. The molecule has 1 aromatic heterocycles. The first kappa shape index (κ1) is 11.2. The van der Waals surface area contributed by atoms with Gasteiger partial charge in [0.25, 0.3) is 5.91 Å². The normalized spacial score (nSPS) is 10.0. The van der Waals surface area contributed by atoms with Crippen LogP contribution in [-0.4, -0.2) is 22.7 Å². The Morgan fingerprint density at radius 3 is 2.47 bits per heavy atom. The fourth-order valence-corrected chi connectivity index (χ4v) is 1.47. The van der Waals surface area contributed by atoms with Crippen LogP contribution in [0.4, 0.5) is 11.5 Å². The molecule has 0 bridgehead atoms. The average molecular weight is 230 g/mol. The predicted molar refractivity (Wildman–Crippen MR) is 67.1 cm³/mol. The monoisotopic (exact) mass is 230 g/mol. The highest BCUT2D eigenvalue weighted by molar-refractivity contribution is 6.03. The molecule has 1 amide bonds. The molecule has 1 heterocycles. The maximum atomic E-state index is 11.9. The molecule has 2 rings (SSSR count). The molecule has 0 radical (unpaired) electrons. The Labute approximate surface area is 99.5 Å². The highest BCUT2D eigenvalue weighted by atomic mass is 16.1. The van der Waals surface area contributed by atoms with Gasteiger partial charge >= 0.3 is 0 Å². The smallest absolute Gasteiger partial charge is 0.256 e. The van der Waals surface area contributed by atoms with Crippen LogP contribution in [0.15, 0.2) is 36.5 Å². The van der Waals surface area contributed by atoms with Crippen molar-refractivity contribution in [1.82, 2.24) is 9.78 Å². The van der Waals surface area contributed by atoms with E-state index in [0.717, 1.165) is 5.69 Å². The number of amides is 1. The number of nitrogens with one attached hydrogen (secondary N) is 2. The number of anilines is 2. The highest BCUT2D eigenvalue weighted by Gasteiger charge is 2.07. The first-order valence-corrected chi connectivity index (χ1v) is 5.28. The molecule has 88 valence electrons. The van der Waals surface area contributed by atoms with Crippen molar-refractivity contribution in [3.05, 3.63) is 42.1 Å². The van der Waals surface area contributed by atoms with Crippen molar-refractivity contribution in [2.24, 2.45) is 7.05 Å². The highest BCUT2D eigenvalue weighted by Crippen LogP contribution is 2.11. The zero-order valence-electron chi connectivity index (χ0n) is 9.77. The molecule has 0 saturated heterocycles. The van der Waals surface area contributed by atoms with E-state index < -0.39 is 0 Å². The lowest BCUT2D eigenvalue weighted by Gasteiger charge is -2.06. The van der Waals surface area contributed by atoms with Crippen molar-refractivity contribution in [2.75, 3.05) is 17.7 Å². The van der Waals surface area contributed by atoms with Crippen molar-refractivity contribution in [2.45, 2.75) is 0 Å². The SMILES string of the molecule is CNc1ccc(C(=O)Nc2ccnn2C)cc1. The topological polar surface area (TPSA) is 59.0 Å². The van der Waals surface area contributed by atoms with Gasteiger partial charge < -0.3 is 10.6 Å². The van der Waals surface area contributed by atoms with E-state index in [1.54, 1.807) is 36.1 Å². The van der Waals surface area contributed by atoms with Gasteiger partial charge in [0, 0.05) is 31.4 Å². The molecular formula is C12H14N4O. The Bertz CT molecular complexity index is 516. The molecule has 0 saturated carbocycles. The number of carbonyl (C=O) groups is 1. The maximum Gasteiger partial charge on any atom is 0.256 e. The van der Waals surface area contributed by atoms with E-state index >= 15 is 0 Å². The van der Waals surface area contributed by atoms with Crippen molar-refractivity contribution >= 4 is 17.4 Å². The van der Waals surface area contributed by atoms with E-state index in [1.165, 1.54) is 0 Å². The zero-order valence-corrected chi connectivity index (χ0v) is 9.77. The van der Waals surface area contributed by atoms with E-state index in [2.05, 4.69) is 15.7 Å². The number of rotatable bonds is 3. The van der Waals surface area contributed by atoms with Gasteiger partial charge in [0.05, 0.1) is 6.20 Å². The fraction of sp³-hybridized carbons (Fsp3) is 0.167. The molecule has 1 aromatic carbocycles. The molecule has 0 unspecified atom stereocenters. The van der Waals surface area contributed by atoms with Crippen LogP contribution in [0.25, 0.3) is 0 Å². The number of nitrogens with zero attached hydrogens (tertiary/aromatic N) is 2. The molecule has 2 aromatic rings. The molecule has 0 spiro atoms. The minimum absolute atomic E-state index is 0.142. The van der Waals surface area contributed by atoms with Crippen LogP contribution in [0.5, 0.6) is 0 Å². The Hall–Kier alpha value is -2.30. The summed E-state index contributed by atoms with van der Waals surface area (Å²) < 4.78 is 1.61. The van der Waals surface area contributed by atoms with Gasteiger partial charge in [-0.2, -0.15) is 5.10 Å². The van der Waals surface area contributed by atoms with Gasteiger partial charge in [-0.15, -0.1) is 0 Å². The average Bonchev–Trinajstić information content (AvgIpc) is 2.75. The van der Waals surface area contributed by atoms with Gasteiger partial charge in [-0.25, -0.2) is 0 Å². The van der Waals surface area contributed by atoms with E-state index in [9.17, 15) is 4.79 Å². The minimum atomic E-state index is -0.142.